The highest BCUT2D eigenvalue weighted by molar-refractivity contribution is 6.51. The van der Waals surface area contributed by atoms with E-state index >= 15 is 0 Å². The molecule has 3 aromatic rings. The summed E-state index contributed by atoms with van der Waals surface area (Å²) in [7, 11) is 0. The van der Waals surface area contributed by atoms with Crippen LogP contribution in [-0.2, 0) is 9.59 Å². The molecule has 0 radical (unpaired) electrons. The number of nitrogens with zero attached hydrogens (tertiary/aromatic N) is 2. The molecule has 1 aliphatic heterocycles. The van der Waals surface area contributed by atoms with E-state index in [-0.39, 0.29) is 17.0 Å². The van der Waals surface area contributed by atoms with Gasteiger partial charge in [0.05, 0.1) is 16.5 Å². The molecule has 1 unspecified atom stereocenters. The van der Waals surface area contributed by atoms with E-state index in [0.29, 0.717) is 16.8 Å². The molecule has 0 aliphatic carbocycles. The molecule has 7 heteroatoms. The van der Waals surface area contributed by atoms with Crippen molar-refractivity contribution in [2.75, 3.05) is 4.90 Å². The monoisotopic (exact) mass is 400 g/mol. The van der Waals surface area contributed by atoms with Gasteiger partial charge in [0.2, 0.25) is 0 Å². The number of para-hydroxylation sites is 1. The highest BCUT2D eigenvalue weighted by Gasteiger charge is 2.46. The molecule has 7 nitrogen and oxygen atoms in total. The van der Waals surface area contributed by atoms with Crippen LogP contribution in [0.3, 0.4) is 0 Å². The predicted octanol–water partition coefficient (Wildman–Crippen LogP) is 4.22. The summed E-state index contributed by atoms with van der Waals surface area (Å²) in [5.74, 6) is -1.89. The number of aliphatic hydroxyl groups is 1. The van der Waals surface area contributed by atoms with Gasteiger partial charge in [0, 0.05) is 23.4 Å². The number of nitro benzene ring substituents is 1. The minimum atomic E-state index is -0.923. The minimum Gasteiger partial charge on any atom is -0.507 e. The van der Waals surface area contributed by atoms with Crippen molar-refractivity contribution in [2.24, 2.45) is 0 Å². The molecule has 1 amide bonds. The van der Waals surface area contributed by atoms with Crippen LogP contribution in [0.5, 0.6) is 0 Å². The van der Waals surface area contributed by atoms with Gasteiger partial charge < -0.3 is 5.11 Å². The topological polar surface area (TPSA) is 101 Å². The number of Topliss-reactive ketones (excluding diaryl/α,β-unsaturated/α-hetero) is 1. The zero-order valence-corrected chi connectivity index (χ0v) is 15.6. The molecular formula is C23H16N2O5. The summed E-state index contributed by atoms with van der Waals surface area (Å²) in [6.45, 7) is 0. The summed E-state index contributed by atoms with van der Waals surface area (Å²) in [4.78, 5) is 37.7. The van der Waals surface area contributed by atoms with E-state index in [2.05, 4.69) is 0 Å². The molecule has 0 aromatic heterocycles. The molecule has 0 saturated carbocycles. The average molecular weight is 400 g/mol. The zero-order chi connectivity index (χ0) is 21.3. The number of rotatable bonds is 4. The fourth-order valence-corrected chi connectivity index (χ4v) is 3.53. The maximum Gasteiger partial charge on any atom is 0.300 e. The van der Waals surface area contributed by atoms with Crippen molar-refractivity contribution in [3.8, 4) is 0 Å². The number of carbonyl (C=O) groups excluding carboxylic acids is 2. The van der Waals surface area contributed by atoms with E-state index < -0.39 is 22.7 Å². The number of nitro groups is 1. The Bertz CT molecular complexity index is 1160. The SMILES string of the molecule is O=C1C(=O)N(c2ccccc2)C(c2ccc([N+](=O)[O-])cc2)/C1=C(/O)c1ccccc1. The van der Waals surface area contributed by atoms with Crippen molar-refractivity contribution in [2.45, 2.75) is 6.04 Å². The van der Waals surface area contributed by atoms with Crippen molar-refractivity contribution >= 4 is 28.8 Å². The van der Waals surface area contributed by atoms with Crippen LogP contribution in [0.4, 0.5) is 11.4 Å². The van der Waals surface area contributed by atoms with Crippen LogP contribution in [0.1, 0.15) is 17.2 Å². The van der Waals surface area contributed by atoms with Crippen LogP contribution in [0.25, 0.3) is 5.76 Å². The lowest BCUT2D eigenvalue weighted by molar-refractivity contribution is -0.384. The summed E-state index contributed by atoms with van der Waals surface area (Å²) < 4.78 is 0. The number of aliphatic hydroxyl groups excluding tert-OH is 1. The first-order chi connectivity index (χ1) is 14.5. The summed E-state index contributed by atoms with van der Waals surface area (Å²) in [5, 5.41) is 21.9. The first-order valence-electron chi connectivity index (χ1n) is 9.15. The van der Waals surface area contributed by atoms with Crippen molar-refractivity contribution in [1.29, 1.82) is 0 Å². The first kappa shape index (κ1) is 19.1. The van der Waals surface area contributed by atoms with Gasteiger partial charge in [0.25, 0.3) is 17.4 Å². The maximum atomic E-state index is 12.9. The summed E-state index contributed by atoms with van der Waals surface area (Å²) in [6.07, 6.45) is 0. The standard InChI is InChI=1S/C23H16N2O5/c26-21(16-7-3-1-4-8-16)19-20(15-11-13-18(14-12-15)25(29)30)24(23(28)22(19)27)17-9-5-2-6-10-17/h1-14,20,26H/b21-19-. The fourth-order valence-electron chi connectivity index (χ4n) is 3.53. The van der Waals surface area contributed by atoms with Gasteiger partial charge in [-0.1, -0.05) is 48.5 Å². The number of ketones is 1. The normalized spacial score (nSPS) is 17.9. The molecule has 0 bridgehead atoms. The smallest absolute Gasteiger partial charge is 0.300 e. The number of benzene rings is 3. The predicted molar refractivity (Wildman–Crippen MR) is 111 cm³/mol. The summed E-state index contributed by atoms with van der Waals surface area (Å²) in [5.41, 5.74) is 1.18. The molecule has 1 fully saturated rings. The molecule has 1 aliphatic rings. The van der Waals surface area contributed by atoms with Gasteiger partial charge in [-0.3, -0.25) is 24.6 Å². The number of hydrogen-bond acceptors (Lipinski definition) is 5. The van der Waals surface area contributed by atoms with Gasteiger partial charge in [-0.25, -0.2) is 0 Å². The molecule has 4 rings (SSSR count). The van der Waals surface area contributed by atoms with Gasteiger partial charge >= 0.3 is 0 Å². The second kappa shape index (κ2) is 7.63. The van der Waals surface area contributed by atoms with Gasteiger partial charge in [0.15, 0.2) is 0 Å². The fraction of sp³-hybridized carbons (Fsp3) is 0.0435. The Balaban J connectivity index is 1.93. The largest absolute Gasteiger partial charge is 0.507 e. The Hall–Kier alpha value is -4.26. The van der Waals surface area contributed by atoms with Gasteiger partial charge in [-0.15, -0.1) is 0 Å². The third-order valence-electron chi connectivity index (χ3n) is 4.95. The molecular weight excluding hydrogens is 384 g/mol. The van der Waals surface area contributed by atoms with Gasteiger partial charge in [0.1, 0.15) is 5.76 Å². The van der Waals surface area contributed by atoms with Gasteiger partial charge in [-0.2, -0.15) is 0 Å². The van der Waals surface area contributed by atoms with E-state index in [1.807, 2.05) is 0 Å². The molecule has 148 valence electrons. The van der Waals surface area contributed by atoms with E-state index in [1.54, 1.807) is 60.7 Å². The van der Waals surface area contributed by atoms with Crippen LogP contribution in [0, 0.1) is 10.1 Å². The molecule has 1 N–H and O–H groups in total. The Labute approximate surface area is 171 Å². The Morgan fingerprint density at radius 1 is 0.867 bits per heavy atom. The van der Waals surface area contributed by atoms with Crippen LogP contribution < -0.4 is 4.90 Å². The first-order valence-corrected chi connectivity index (χ1v) is 9.15. The second-order valence-corrected chi connectivity index (χ2v) is 6.72. The van der Waals surface area contributed by atoms with E-state index in [1.165, 1.54) is 29.2 Å². The molecule has 1 saturated heterocycles. The number of anilines is 1. The van der Waals surface area contributed by atoms with Crippen molar-refractivity contribution < 1.29 is 19.6 Å². The van der Waals surface area contributed by atoms with Crippen LogP contribution in [0.15, 0.2) is 90.5 Å². The Morgan fingerprint density at radius 2 is 1.43 bits per heavy atom. The van der Waals surface area contributed by atoms with Crippen molar-refractivity contribution in [3.63, 3.8) is 0 Å². The number of hydrogen-bond donors (Lipinski definition) is 1. The number of amides is 1. The van der Waals surface area contributed by atoms with E-state index in [9.17, 15) is 24.8 Å². The van der Waals surface area contributed by atoms with Crippen LogP contribution in [-0.4, -0.2) is 21.7 Å². The second-order valence-electron chi connectivity index (χ2n) is 6.72. The van der Waals surface area contributed by atoms with Crippen LogP contribution in [0.2, 0.25) is 0 Å². The van der Waals surface area contributed by atoms with Crippen molar-refractivity contribution in [3.05, 3.63) is 112 Å². The summed E-state index contributed by atoms with van der Waals surface area (Å²) >= 11 is 0. The van der Waals surface area contributed by atoms with Gasteiger partial charge in [-0.05, 0) is 29.8 Å². The lowest BCUT2D eigenvalue weighted by Crippen LogP contribution is -2.29. The van der Waals surface area contributed by atoms with E-state index in [4.69, 9.17) is 0 Å². The number of carbonyl (C=O) groups is 2. The quantitative estimate of drug-likeness (QED) is 0.232. The highest BCUT2D eigenvalue weighted by Crippen LogP contribution is 2.42. The van der Waals surface area contributed by atoms with Crippen molar-refractivity contribution in [1.82, 2.24) is 0 Å². The van der Waals surface area contributed by atoms with E-state index in [0.717, 1.165) is 0 Å². The number of non-ortho nitro benzene ring substituents is 1. The molecule has 3 aromatic carbocycles. The molecule has 30 heavy (non-hydrogen) atoms. The van der Waals surface area contributed by atoms with Crippen LogP contribution >= 0.6 is 0 Å². The Kier molecular flexibility index (Phi) is 4.85. The molecule has 0 spiro atoms. The lowest BCUT2D eigenvalue weighted by Gasteiger charge is -2.25. The zero-order valence-electron chi connectivity index (χ0n) is 15.6. The Morgan fingerprint density at radius 3 is 2.00 bits per heavy atom. The third kappa shape index (κ3) is 3.22. The molecule has 1 atom stereocenters. The average Bonchev–Trinajstić information content (AvgIpc) is 3.05. The summed E-state index contributed by atoms with van der Waals surface area (Å²) in [6, 6.07) is 21.8. The minimum absolute atomic E-state index is 0.0658. The highest BCUT2D eigenvalue weighted by atomic mass is 16.6. The maximum absolute atomic E-state index is 12.9. The lowest BCUT2D eigenvalue weighted by atomic mass is 9.95. The third-order valence-corrected chi connectivity index (χ3v) is 4.95. The molecule has 1 heterocycles.